The second kappa shape index (κ2) is 4.36. The van der Waals surface area contributed by atoms with Crippen LogP contribution in [0.4, 0.5) is 5.69 Å². The number of nitrogens with zero attached hydrogens (tertiary/aromatic N) is 2. The molecule has 2 heterocycles. The van der Waals surface area contributed by atoms with Crippen molar-refractivity contribution in [3.63, 3.8) is 0 Å². The number of aromatic nitrogens is 1. The minimum atomic E-state index is -0.280. The second-order valence-electron chi connectivity index (χ2n) is 6.32. The number of rotatable bonds is 1. The molecule has 1 saturated carbocycles. The van der Waals surface area contributed by atoms with Crippen LogP contribution in [0.25, 0.3) is 10.9 Å². The lowest BCUT2D eigenvalue weighted by atomic mass is 9.92. The third-order valence-corrected chi connectivity index (χ3v) is 5.10. The Morgan fingerprint density at radius 3 is 2.52 bits per heavy atom. The van der Waals surface area contributed by atoms with Gasteiger partial charge in [-0.1, -0.05) is 18.2 Å². The predicted molar refractivity (Wildman–Crippen MR) is 82.4 cm³/mol. The number of fused-ring (bicyclic) bond motifs is 1. The third kappa shape index (κ3) is 1.92. The summed E-state index contributed by atoms with van der Waals surface area (Å²) in [5.41, 5.74) is 2.19. The van der Waals surface area contributed by atoms with Gasteiger partial charge >= 0.3 is 0 Å². The predicted octanol–water partition coefficient (Wildman–Crippen LogP) is 2.78. The van der Waals surface area contributed by atoms with Crippen molar-refractivity contribution < 1.29 is 0 Å². The number of para-hydroxylation sites is 1. The van der Waals surface area contributed by atoms with Gasteiger partial charge in [0.1, 0.15) is 11.6 Å². The lowest BCUT2D eigenvalue weighted by molar-refractivity contribution is 0.385. The van der Waals surface area contributed by atoms with E-state index in [-0.39, 0.29) is 11.1 Å². The van der Waals surface area contributed by atoms with E-state index in [1.54, 1.807) is 0 Å². The van der Waals surface area contributed by atoms with E-state index in [1.165, 1.54) is 25.7 Å². The molecule has 0 amide bonds. The molecule has 2 aromatic rings. The number of benzene rings is 1. The summed E-state index contributed by atoms with van der Waals surface area (Å²) >= 11 is 0. The van der Waals surface area contributed by atoms with Crippen LogP contribution in [-0.4, -0.2) is 18.1 Å². The maximum atomic E-state index is 12.2. The third-order valence-electron chi connectivity index (χ3n) is 5.10. The minimum absolute atomic E-state index is 0.250. The summed E-state index contributed by atoms with van der Waals surface area (Å²) in [6, 6.07) is 9.85. The molecule has 2 fully saturated rings. The Labute approximate surface area is 123 Å². The van der Waals surface area contributed by atoms with Gasteiger partial charge in [0.2, 0.25) is 0 Å². The molecule has 21 heavy (non-hydrogen) atoms. The van der Waals surface area contributed by atoms with Crippen molar-refractivity contribution in [3.05, 3.63) is 40.2 Å². The van der Waals surface area contributed by atoms with Crippen molar-refractivity contribution in [1.82, 2.24) is 4.98 Å². The fourth-order valence-corrected chi connectivity index (χ4v) is 3.54. The molecule has 0 atom stereocenters. The van der Waals surface area contributed by atoms with Gasteiger partial charge in [0, 0.05) is 18.5 Å². The molecule has 1 saturated heterocycles. The number of piperidine rings is 1. The molecule has 1 aromatic heterocycles. The molecule has 1 N–H and O–H groups in total. The number of H-pyrrole nitrogens is 1. The van der Waals surface area contributed by atoms with Crippen LogP contribution in [0.15, 0.2) is 29.1 Å². The van der Waals surface area contributed by atoms with E-state index >= 15 is 0 Å². The van der Waals surface area contributed by atoms with Gasteiger partial charge in [-0.15, -0.1) is 0 Å². The van der Waals surface area contributed by atoms with Crippen LogP contribution in [0.1, 0.15) is 31.2 Å². The number of nitrogens with one attached hydrogen (secondary N) is 1. The minimum Gasteiger partial charge on any atom is -0.370 e. The smallest absolute Gasteiger partial charge is 0.268 e. The normalized spacial score (nSPS) is 19.7. The van der Waals surface area contributed by atoms with Crippen LogP contribution in [0.5, 0.6) is 0 Å². The zero-order valence-electron chi connectivity index (χ0n) is 11.9. The zero-order valence-corrected chi connectivity index (χ0v) is 11.9. The molecule has 1 aliphatic heterocycles. The molecule has 4 heteroatoms. The summed E-state index contributed by atoms with van der Waals surface area (Å²) in [5, 5.41) is 10.4. The molecule has 4 nitrogen and oxygen atoms in total. The first-order valence-electron chi connectivity index (χ1n) is 7.53. The van der Waals surface area contributed by atoms with Crippen molar-refractivity contribution in [3.8, 4) is 6.07 Å². The Bertz CT molecular complexity index is 801. The fraction of sp³-hybridized carbons (Fsp3) is 0.412. The van der Waals surface area contributed by atoms with Crippen LogP contribution in [0.3, 0.4) is 0 Å². The standard InChI is InChI=1S/C17H17N3O/c18-11-13-15(20-9-7-17(5-6-17)8-10-20)12-3-1-2-4-14(12)19-16(13)21/h1-4H,5-10H2,(H,19,21). The molecule has 106 valence electrons. The summed E-state index contributed by atoms with van der Waals surface area (Å²) in [6.07, 6.45) is 5.06. The highest BCUT2D eigenvalue weighted by Gasteiger charge is 2.44. The lowest BCUT2D eigenvalue weighted by Crippen LogP contribution is -2.36. The van der Waals surface area contributed by atoms with Crippen molar-refractivity contribution in [2.75, 3.05) is 18.0 Å². The molecular weight excluding hydrogens is 262 g/mol. The first-order chi connectivity index (χ1) is 10.2. The van der Waals surface area contributed by atoms with Crippen molar-refractivity contribution in [2.45, 2.75) is 25.7 Å². The highest BCUT2D eigenvalue weighted by Crippen LogP contribution is 2.54. The van der Waals surface area contributed by atoms with Gasteiger partial charge in [-0.3, -0.25) is 4.79 Å². The lowest BCUT2D eigenvalue weighted by Gasteiger charge is -2.34. The molecule has 1 spiro atoms. The zero-order chi connectivity index (χ0) is 14.4. The largest absolute Gasteiger partial charge is 0.370 e. The molecule has 0 radical (unpaired) electrons. The molecule has 0 bridgehead atoms. The van der Waals surface area contributed by atoms with Gasteiger partial charge < -0.3 is 9.88 Å². The fourth-order valence-electron chi connectivity index (χ4n) is 3.54. The number of hydrogen-bond acceptors (Lipinski definition) is 3. The maximum Gasteiger partial charge on any atom is 0.268 e. The monoisotopic (exact) mass is 279 g/mol. The molecule has 0 unspecified atom stereocenters. The summed E-state index contributed by atoms with van der Waals surface area (Å²) in [6.45, 7) is 1.89. The summed E-state index contributed by atoms with van der Waals surface area (Å²) in [7, 11) is 0. The maximum absolute atomic E-state index is 12.2. The summed E-state index contributed by atoms with van der Waals surface area (Å²) in [4.78, 5) is 17.2. The van der Waals surface area contributed by atoms with Gasteiger partial charge in [0.25, 0.3) is 5.56 Å². The molecule has 1 aliphatic carbocycles. The van der Waals surface area contributed by atoms with Crippen molar-refractivity contribution in [2.24, 2.45) is 5.41 Å². The highest BCUT2D eigenvalue weighted by molar-refractivity contribution is 5.94. The summed E-state index contributed by atoms with van der Waals surface area (Å²) in [5.74, 6) is 0. The number of hydrogen-bond donors (Lipinski definition) is 1. The van der Waals surface area contributed by atoms with Crippen LogP contribution in [0, 0.1) is 16.7 Å². The first-order valence-corrected chi connectivity index (χ1v) is 7.53. The van der Waals surface area contributed by atoms with Crippen LogP contribution in [0.2, 0.25) is 0 Å². The number of aromatic amines is 1. The van der Waals surface area contributed by atoms with Gasteiger partial charge in [-0.05, 0) is 37.2 Å². The molecule has 1 aromatic carbocycles. The SMILES string of the molecule is N#Cc1c(N2CCC3(CC2)CC3)c2ccccc2[nH]c1=O. The van der Waals surface area contributed by atoms with Crippen LogP contribution < -0.4 is 10.5 Å². The Morgan fingerprint density at radius 1 is 1.14 bits per heavy atom. The van der Waals surface area contributed by atoms with E-state index in [0.717, 1.165) is 29.7 Å². The van der Waals surface area contributed by atoms with Gasteiger partial charge in [0.15, 0.2) is 0 Å². The Balaban J connectivity index is 1.86. The van der Waals surface area contributed by atoms with E-state index in [4.69, 9.17) is 0 Å². The van der Waals surface area contributed by atoms with Crippen LogP contribution in [-0.2, 0) is 0 Å². The van der Waals surface area contributed by atoms with Crippen LogP contribution >= 0.6 is 0 Å². The Kier molecular flexibility index (Phi) is 2.58. The molecule has 2 aliphatic rings. The Morgan fingerprint density at radius 2 is 1.86 bits per heavy atom. The van der Waals surface area contributed by atoms with E-state index in [9.17, 15) is 10.1 Å². The molecule has 4 rings (SSSR count). The van der Waals surface area contributed by atoms with E-state index in [0.29, 0.717) is 5.41 Å². The second-order valence-corrected chi connectivity index (χ2v) is 6.32. The van der Waals surface area contributed by atoms with E-state index < -0.39 is 0 Å². The average molecular weight is 279 g/mol. The topological polar surface area (TPSA) is 59.9 Å². The number of pyridine rings is 1. The number of anilines is 1. The quantitative estimate of drug-likeness (QED) is 0.873. The van der Waals surface area contributed by atoms with Gasteiger partial charge in [0.05, 0.1) is 11.2 Å². The summed E-state index contributed by atoms with van der Waals surface area (Å²) < 4.78 is 0. The van der Waals surface area contributed by atoms with Crippen molar-refractivity contribution >= 4 is 16.6 Å². The highest BCUT2D eigenvalue weighted by atomic mass is 16.1. The Hall–Kier alpha value is -2.28. The molecular formula is C17H17N3O. The van der Waals surface area contributed by atoms with E-state index in [1.807, 2.05) is 24.3 Å². The number of nitriles is 1. The van der Waals surface area contributed by atoms with E-state index in [2.05, 4.69) is 16.0 Å². The van der Waals surface area contributed by atoms with Gasteiger partial charge in [-0.25, -0.2) is 0 Å². The first kappa shape index (κ1) is 12.5. The average Bonchev–Trinajstić information content (AvgIpc) is 3.26. The van der Waals surface area contributed by atoms with Crippen molar-refractivity contribution in [1.29, 1.82) is 5.26 Å². The van der Waals surface area contributed by atoms with Gasteiger partial charge in [-0.2, -0.15) is 5.26 Å².